The third-order valence-electron chi connectivity index (χ3n) is 3.58. The molecule has 0 bridgehead atoms. The molecule has 0 amide bonds. The summed E-state index contributed by atoms with van der Waals surface area (Å²) in [7, 11) is 3.75. The zero-order chi connectivity index (χ0) is 12.8. The lowest BCUT2D eigenvalue weighted by molar-refractivity contribution is 0.194. The SMILES string of the molecule is CNC1CCCCc2nc(CCCOC)ncc21. The number of aryl methyl sites for hydroxylation is 2. The third kappa shape index (κ3) is 3.27. The van der Waals surface area contributed by atoms with Crippen LogP contribution in [0.5, 0.6) is 0 Å². The molecule has 0 aromatic carbocycles. The van der Waals surface area contributed by atoms with Gasteiger partial charge in [0.25, 0.3) is 0 Å². The van der Waals surface area contributed by atoms with Crippen molar-refractivity contribution in [1.82, 2.24) is 15.3 Å². The number of nitrogens with one attached hydrogen (secondary N) is 1. The second-order valence-electron chi connectivity index (χ2n) is 4.87. The molecule has 18 heavy (non-hydrogen) atoms. The lowest BCUT2D eigenvalue weighted by Gasteiger charge is -2.16. The van der Waals surface area contributed by atoms with Gasteiger partial charge in [0, 0.05) is 43.6 Å². The summed E-state index contributed by atoms with van der Waals surface area (Å²) in [5, 5.41) is 3.37. The van der Waals surface area contributed by atoms with E-state index in [1.54, 1.807) is 7.11 Å². The van der Waals surface area contributed by atoms with E-state index in [2.05, 4.69) is 10.3 Å². The zero-order valence-corrected chi connectivity index (χ0v) is 11.4. The summed E-state index contributed by atoms with van der Waals surface area (Å²) in [5.41, 5.74) is 2.54. The van der Waals surface area contributed by atoms with Crippen LogP contribution < -0.4 is 5.32 Å². The van der Waals surface area contributed by atoms with Gasteiger partial charge < -0.3 is 10.1 Å². The van der Waals surface area contributed by atoms with E-state index in [0.717, 1.165) is 31.7 Å². The Bertz CT molecular complexity index is 381. The normalized spacial score (nSPS) is 19.3. The van der Waals surface area contributed by atoms with Gasteiger partial charge in [-0.25, -0.2) is 9.97 Å². The third-order valence-corrected chi connectivity index (χ3v) is 3.58. The summed E-state index contributed by atoms with van der Waals surface area (Å²) in [6, 6.07) is 0.426. The Morgan fingerprint density at radius 3 is 3.11 bits per heavy atom. The average Bonchev–Trinajstić information content (AvgIpc) is 2.60. The molecule has 1 aliphatic rings. The van der Waals surface area contributed by atoms with Gasteiger partial charge in [-0.3, -0.25) is 0 Å². The van der Waals surface area contributed by atoms with Crippen molar-refractivity contribution in [2.75, 3.05) is 20.8 Å². The highest BCUT2D eigenvalue weighted by molar-refractivity contribution is 5.23. The van der Waals surface area contributed by atoms with E-state index in [0.29, 0.717) is 6.04 Å². The molecule has 100 valence electrons. The molecular formula is C14H23N3O. The van der Waals surface area contributed by atoms with Gasteiger partial charge in [0.05, 0.1) is 0 Å². The number of aromatic nitrogens is 2. The highest BCUT2D eigenvalue weighted by atomic mass is 16.5. The maximum atomic E-state index is 5.07. The number of rotatable bonds is 5. The molecule has 2 rings (SSSR count). The molecule has 1 aromatic heterocycles. The Hall–Kier alpha value is -1.00. The van der Waals surface area contributed by atoms with E-state index in [4.69, 9.17) is 9.72 Å². The molecule has 0 spiro atoms. The quantitative estimate of drug-likeness (QED) is 0.641. The largest absolute Gasteiger partial charge is 0.385 e. The van der Waals surface area contributed by atoms with E-state index in [-0.39, 0.29) is 0 Å². The van der Waals surface area contributed by atoms with Crippen LogP contribution in [0.3, 0.4) is 0 Å². The first kappa shape index (κ1) is 13.4. The minimum Gasteiger partial charge on any atom is -0.385 e. The maximum Gasteiger partial charge on any atom is 0.128 e. The van der Waals surface area contributed by atoms with E-state index >= 15 is 0 Å². The van der Waals surface area contributed by atoms with Crippen LogP contribution in [0.2, 0.25) is 0 Å². The fourth-order valence-corrected chi connectivity index (χ4v) is 2.55. The first-order valence-electron chi connectivity index (χ1n) is 6.86. The molecular weight excluding hydrogens is 226 g/mol. The van der Waals surface area contributed by atoms with Gasteiger partial charge >= 0.3 is 0 Å². The topological polar surface area (TPSA) is 47.0 Å². The minimum absolute atomic E-state index is 0.426. The summed E-state index contributed by atoms with van der Waals surface area (Å²) in [5.74, 6) is 0.961. The van der Waals surface area contributed by atoms with Crippen molar-refractivity contribution in [1.29, 1.82) is 0 Å². The summed E-state index contributed by atoms with van der Waals surface area (Å²) >= 11 is 0. The second kappa shape index (κ2) is 6.81. The van der Waals surface area contributed by atoms with Gasteiger partial charge in [0.2, 0.25) is 0 Å². The Morgan fingerprint density at radius 1 is 1.44 bits per heavy atom. The molecule has 1 aromatic rings. The fourth-order valence-electron chi connectivity index (χ4n) is 2.55. The number of hydrogen-bond acceptors (Lipinski definition) is 4. The van der Waals surface area contributed by atoms with Crippen LogP contribution in [-0.2, 0) is 17.6 Å². The summed E-state index contributed by atoms with van der Waals surface area (Å²) in [6.45, 7) is 0.777. The first-order chi connectivity index (χ1) is 8.85. The van der Waals surface area contributed by atoms with E-state index in [9.17, 15) is 0 Å². The predicted molar refractivity (Wildman–Crippen MR) is 71.6 cm³/mol. The molecule has 0 saturated carbocycles. The molecule has 1 N–H and O–H groups in total. The van der Waals surface area contributed by atoms with Gasteiger partial charge in [-0.1, -0.05) is 6.42 Å². The molecule has 1 aliphatic carbocycles. The van der Waals surface area contributed by atoms with Gasteiger partial charge in [-0.05, 0) is 32.7 Å². The van der Waals surface area contributed by atoms with E-state index in [1.807, 2.05) is 13.2 Å². The van der Waals surface area contributed by atoms with Crippen LogP contribution in [0.4, 0.5) is 0 Å². The van der Waals surface area contributed by atoms with Crippen molar-refractivity contribution in [3.8, 4) is 0 Å². The first-order valence-corrected chi connectivity index (χ1v) is 6.86. The van der Waals surface area contributed by atoms with Gasteiger partial charge in [-0.2, -0.15) is 0 Å². The van der Waals surface area contributed by atoms with Crippen molar-refractivity contribution in [3.63, 3.8) is 0 Å². The number of fused-ring (bicyclic) bond motifs is 1. The number of nitrogens with zero attached hydrogens (tertiary/aromatic N) is 2. The molecule has 1 heterocycles. The Kier molecular flexibility index (Phi) is 5.08. The van der Waals surface area contributed by atoms with Crippen LogP contribution in [-0.4, -0.2) is 30.7 Å². The van der Waals surface area contributed by atoms with Crippen molar-refractivity contribution in [2.24, 2.45) is 0 Å². The summed E-state index contributed by atoms with van der Waals surface area (Å²) < 4.78 is 5.07. The van der Waals surface area contributed by atoms with E-state index in [1.165, 1.54) is 30.5 Å². The Balaban J connectivity index is 2.12. The van der Waals surface area contributed by atoms with Crippen molar-refractivity contribution in [2.45, 2.75) is 44.6 Å². The Morgan fingerprint density at radius 2 is 2.33 bits per heavy atom. The van der Waals surface area contributed by atoms with Crippen LogP contribution in [0.25, 0.3) is 0 Å². The summed E-state index contributed by atoms with van der Waals surface area (Å²) in [6.07, 6.45) is 8.71. The highest BCUT2D eigenvalue weighted by Gasteiger charge is 2.18. The fraction of sp³-hybridized carbons (Fsp3) is 0.714. The molecule has 4 heteroatoms. The monoisotopic (exact) mass is 249 g/mol. The van der Waals surface area contributed by atoms with Crippen molar-refractivity contribution >= 4 is 0 Å². The molecule has 0 saturated heterocycles. The molecule has 0 aliphatic heterocycles. The average molecular weight is 249 g/mol. The molecule has 4 nitrogen and oxygen atoms in total. The van der Waals surface area contributed by atoms with Crippen molar-refractivity contribution < 1.29 is 4.74 Å². The summed E-state index contributed by atoms with van der Waals surface area (Å²) in [4.78, 5) is 9.23. The van der Waals surface area contributed by atoms with E-state index < -0.39 is 0 Å². The van der Waals surface area contributed by atoms with Crippen LogP contribution in [0.1, 0.15) is 48.8 Å². The Labute approximate surface area is 109 Å². The van der Waals surface area contributed by atoms with Gasteiger partial charge in [0.1, 0.15) is 5.82 Å². The predicted octanol–water partition coefficient (Wildman–Crippen LogP) is 2.04. The van der Waals surface area contributed by atoms with Crippen LogP contribution in [0.15, 0.2) is 6.20 Å². The zero-order valence-electron chi connectivity index (χ0n) is 11.4. The number of methoxy groups -OCH3 is 1. The molecule has 0 radical (unpaired) electrons. The minimum atomic E-state index is 0.426. The smallest absolute Gasteiger partial charge is 0.128 e. The number of ether oxygens (including phenoxy) is 1. The van der Waals surface area contributed by atoms with Crippen LogP contribution in [0, 0.1) is 0 Å². The molecule has 1 unspecified atom stereocenters. The lowest BCUT2D eigenvalue weighted by atomic mass is 10.1. The van der Waals surface area contributed by atoms with Gasteiger partial charge in [0.15, 0.2) is 0 Å². The van der Waals surface area contributed by atoms with Crippen molar-refractivity contribution in [3.05, 3.63) is 23.3 Å². The highest BCUT2D eigenvalue weighted by Crippen LogP contribution is 2.26. The standard InChI is InChI=1S/C14H23N3O/c1-15-12-6-3-4-7-13-11(12)10-16-14(17-13)8-5-9-18-2/h10,12,15H,3-9H2,1-2H3. The second-order valence-corrected chi connectivity index (χ2v) is 4.87. The lowest BCUT2D eigenvalue weighted by Crippen LogP contribution is -2.18. The molecule has 1 atom stereocenters. The van der Waals surface area contributed by atoms with Gasteiger partial charge in [-0.15, -0.1) is 0 Å². The maximum absolute atomic E-state index is 5.07. The molecule has 0 fully saturated rings. The van der Waals surface area contributed by atoms with Crippen LogP contribution >= 0.6 is 0 Å². The number of hydrogen-bond donors (Lipinski definition) is 1.